The highest BCUT2D eigenvalue weighted by atomic mass is 15.1. The van der Waals surface area contributed by atoms with Crippen molar-refractivity contribution < 1.29 is 4.90 Å². The van der Waals surface area contributed by atoms with Gasteiger partial charge in [0.25, 0.3) is 0 Å². The Morgan fingerprint density at radius 3 is 0.614 bits per heavy atom. The third-order valence-corrected chi connectivity index (χ3v) is 8.39. The summed E-state index contributed by atoms with van der Waals surface area (Å²) in [6.45, 7) is 0. The van der Waals surface area contributed by atoms with E-state index in [9.17, 15) is 0 Å². The first-order valence-corrected chi connectivity index (χ1v) is 15.3. The van der Waals surface area contributed by atoms with Crippen LogP contribution in [0.5, 0.6) is 0 Å². The lowest BCUT2D eigenvalue weighted by Gasteiger charge is -2.44. The Hall–Kier alpha value is -5.44. The van der Waals surface area contributed by atoms with Crippen molar-refractivity contribution in [2.24, 2.45) is 0 Å². The van der Waals surface area contributed by atoms with Crippen LogP contribution < -0.4 is 26.8 Å². The van der Waals surface area contributed by atoms with Gasteiger partial charge in [0.15, 0.2) is 0 Å². The highest BCUT2D eigenvalue weighted by Crippen LogP contribution is 2.14. The van der Waals surface area contributed by atoms with Gasteiger partial charge in [0.1, 0.15) is 23.2 Å². The molecule has 0 saturated heterocycles. The quantitative estimate of drug-likeness (QED) is 0.200. The Labute approximate surface area is 261 Å². The molecule has 0 bridgehead atoms. The van der Waals surface area contributed by atoms with E-state index < -0.39 is 6.15 Å². The lowest BCUT2D eigenvalue weighted by atomic mass is 9.13. The summed E-state index contributed by atoms with van der Waals surface area (Å²) in [5.74, 6) is 0. The van der Waals surface area contributed by atoms with E-state index in [0.717, 1.165) is 0 Å². The van der Waals surface area contributed by atoms with Gasteiger partial charge < -0.3 is 0 Å². The molecule has 0 fully saturated rings. The molecule has 7 aromatic carbocycles. The Morgan fingerprint density at radius 1 is 0.227 bits per heavy atom. The highest BCUT2D eigenvalue weighted by Gasteiger charge is 2.31. The van der Waals surface area contributed by atoms with Gasteiger partial charge in [-0.15, -0.1) is 0 Å². The normalized spacial score (nSPS) is 10.9. The summed E-state index contributed by atoms with van der Waals surface area (Å²) in [4.78, 5) is 1.28. The largest absolute Gasteiger partial charge is 0.238 e. The summed E-state index contributed by atoms with van der Waals surface area (Å²) >= 11 is 0. The van der Waals surface area contributed by atoms with E-state index in [-0.39, 0.29) is 0 Å². The summed E-state index contributed by atoms with van der Waals surface area (Å²) in [7, 11) is 0. The van der Waals surface area contributed by atoms with E-state index in [2.05, 4.69) is 212 Å². The summed E-state index contributed by atoms with van der Waals surface area (Å²) in [6, 6.07) is 75.2. The second-order valence-corrected chi connectivity index (χ2v) is 11.0. The van der Waals surface area contributed by atoms with E-state index in [1.165, 1.54) is 43.8 Å². The number of hydrogen-bond donors (Lipinski definition) is 1. The average Bonchev–Trinajstić information content (AvgIpc) is 3.12. The SMILES string of the molecule is c1ccc([B-](c2ccccc2)(c2ccccc2)c2ccccc2)cc1.c1ccc([NH+](c2ccccc2)c2ccccc2)cc1. The first-order chi connectivity index (χ1) is 21.9. The van der Waals surface area contributed by atoms with Crippen molar-refractivity contribution in [3.63, 3.8) is 0 Å². The van der Waals surface area contributed by atoms with Gasteiger partial charge in [-0.1, -0.05) is 176 Å². The molecular formula is C42H36BN. The van der Waals surface area contributed by atoms with Crippen molar-refractivity contribution in [2.45, 2.75) is 0 Å². The molecule has 0 atom stereocenters. The first-order valence-electron chi connectivity index (χ1n) is 15.3. The number of benzene rings is 7. The van der Waals surface area contributed by atoms with Crippen molar-refractivity contribution in [1.82, 2.24) is 0 Å². The molecule has 0 spiro atoms. The van der Waals surface area contributed by atoms with Crippen LogP contribution in [0.2, 0.25) is 0 Å². The predicted molar refractivity (Wildman–Crippen MR) is 189 cm³/mol. The van der Waals surface area contributed by atoms with Crippen LogP contribution in [-0.2, 0) is 0 Å². The number of quaternary nitrogens is 1. The molecule has 0 heterocycles. The molecule has 7 aromatic rings. The molecule has 0 unspecified atom stereocenters. The summed E-state index contributed by atoms with van der Waals surface area (Å²) in [5, 5.41) is 0. The van der Waals surface area contributed by atoms with Crippen LogP contribution in [0.3, 0.4) is 0 Å². The number of rotatable bonds is 7. The van der Waals surface area contributed by atoms with Gasteiger partial charge in [0.2, 0.25) is 0 Å². The smallest absolute Gasteiger partial charge is 0.141 e. The Kier molecular flexibility index (Phi) is 9.22. The lowest BCUT2D eigenvalue weighted by molar-refractivity contribution is -0.681. The summed E-state index contributed by atoms with van der Waals surface area (Å²) in [5.41, 5.74) is 9.11. The van der Waals surface area contributed by atoms with Crippen molar-refractivity contribution in [1.29, 1.82) is 0 Å². The molecule has 0 amide bonds. The average molecular weight is 566 g/mol. The third kappa shape index (κ3) is 6.17. The minimum atomic E-state index is -1.22. The molecule has 212 valence electrons. The molecular weight excluding hydrogens is 529 g/mol. The van der Waals surface area contributed by atoms with Crippen molar-refractivity contribution in [3.05, 3.63) is 212 Å². The fourth-order valence-electron chi connectivity index (χ4n) is 6.44. The Balaban J connectivity index is 0.000000162. The fourth-order valence-corrected chi connectivity index (χ4v) is 6.44. The van der Waals surface area contributed by atoms with Gasteiger partial charge in [0.05, 0.1) is 0 Å². The maximum atomic E-state index is 2.26. The van der Waals surface area contributed by atoms with Crippen LogP contribution in [0.4, 0.5) is 17.1 Å². The summed E-state index contributed by atoms with van der Waals surface area (Å²) < 4.78 is 0. The molecule has 0 aliphatic rings. The second-order valence-electron chi connectivity index (χ2n) is 11.0. The van der Waals surface area contributed by atoms with E-state index in [1.54, 1.807) is 0 Å². The van der Waals surface area contributed by atoms with E-state index in [0.29, 0.717) is 0 Å². The number of para-hydroxylation sites is 3. The molecule has 0 radical (unpaired) electrons. The maximum absolute atomic E-state index is 2.26. The molecule has 0 aliphatic heterocycles. The zero-order valence-corrected chi connectivity index (χ0v) is 24.8. The first kappa shape index (κ1) is 28.7. The Bertz CT molecular complexity index is 1550. The maximum Gasteiger partial charge on any atom is 0.141 e. The number of hydrogen-bond acceptors (Lipinski definition) is 0. The van der Waals surface area contributed by atoms with Gasteiger partial charge >= 0.3 is 0 Å². The topological polar surface area (TPSA) is 4.44 Å². The third-order valence-electron chi connectivity index (χ3n) is 8.39. The lowest BCUT2D eigenvalue weighted by Crippen LogP contribution is -2.96. The minimum absolute atomic E-state index is 1.22. The van der Waals surface area contributed by atoms with Gasteiger partial charge in [-0.2, -0.15) is 21.9 Å². The van der Waals surface area contributed by atoms with Crippen LogP contribution in [0.1, 0.15) is 0 Å². The van der Waals surface area contributed by atoms with Gasteiger partial charge in [0, 0.05) is 0 Å². The summed E-state index contributed by atoms with van der Waals surface area (Å²) in [6.07, 6.45) is -1.22. The van der Waals surface area contributed by atoms with Crippen LogP contribution >= 0.6 is 0 Å². The van der Waals surface area contributed by atoms with Crippen LogP contribution in [0.25, 0.3) is 0 Å². The van der Waals surface area contributed by atoms with Crippen molar-refractivity contribution in [3.8, 4) is 0 Å². The Morgan fingerprint density at radius 2 is 0.409 bits per heavy atom. The monoisotopic (exact) mass is 565 g/mol. The highest BCUT2D eigenvalue weighted by molar-refractivity contribution is 7.19. The zero-order chi connectivity index (χ0) is 29.9. The van der Waals surface area contributed by atoms with Crippen molar-refractivity contribution >= 4 is 45.1 Å². The molecule has 0 aliphatic carbocycles. The molecule has 7 rings (SSSR count). The van der Waals surface area contributed by atoms with Crippen LogP contribution in [0, 0.1) is 0 Å². The van der Waals surface area contributed by atoms with E-state index in [1.807, 2.05) is 0 Å². The molecule has 44 heavy (non-hydrogen) atoms. The minimum Gasteiger partial charge on any atom is -0.238 e. The molecule has 1 N–H and O–H groups in total. The zero-order valence-electron chi connectivity index (χ0n) is 24.8. The molecule has 2 heteroatoms. The molecule has 0 aromatic heterocycles. The van der Waals surface area contributed by atoms with E-state index >= 15 is 0 Å². The van der Waals surface area contributed by atoms with Crippen LogP contribution in [-0.4, -0.2) is 6.15 Å². The molecule has 0 saturated carbocycles. The van der Waals surface area contributed by atoms with E-state index in [4.69, 9.17) is 0 Å². The van der Waals surface area contributed by atoms with Crippen molar-refractivity contribution in [2.75, 3.05) is 0 Å². The predicted octanol–water partition coefficient (Wildman–Crippen LogP) is 6.93. The van der Waals surface area contributed by atoms with Crippen LogP contribution in [0.15, 0.2) is 212 Å². The van der Waals surface area contributed by atoms with Gasteiger partial charge in [-0.05, 0) is 36.4 Å². The van der Waals surface area contributed by atoms with Gasteiger partial charge in [-0.25, -0.2) is 4.90 Å². The second kappa shape index (κ2) is 14.2. The van der Waals surface area contributed by atoms with Gasteiger partial charge in [-0.3, -0.25) is 0 Å². The standard InChI is InChI=1S/C24H20B.C18H15N/c1-5-13-21(14-6-1)25(22-15-7-2-8-16-22,23-17-9-3-10-18-23)24-19-11-4-12-20-24;1-4-10-16(11-5-1)19(17-12-6-2-7-13-17)18-14-8-3-9-15-18/h1-20H;1-15H/q-1;/p+1. The molecule has 1 nitrogen and oxygen atoms in total. The number of nitrogens with one attached hydrogen (secondary N) is 1. The fraction of sp³-hybridized carbons (Fsp3) is 0.